The van der Waals surface area contributed by atoms with Crippen LogP contribution in [0.4, 0.5) is 11.9 Å². The van der Waals surface area contributed by atoms with Crippen molar-refractivity contribution >= 4 is 11.9 Å². The first-order valence-corrected chi connectivity index (χ1v) is 7.52. The fraction of sp³-hybridized carbons (Fsp3) is 0.467. The molecule has 110 valence electrons. The van der Waals surface area contributed by atoms with Crippen molar-refractivity contribution in [3.05, 3.63) is 24.5 Å². The Kier molecular flexibility index (Phi) is 4.23. The van der Waals surface area contributed by atoms with Crippen LogP contribution < -0.4 is 10.2 Å². The van der Waals surface area contributed by atoms with Crippen LogP contribution in [-0.4, -0.2) is 39.6 Å². The average molecular weight is 284 g/mol. The highest BCUT2D eigenvalue weighted by Crippen LogP contribution is 2.21. The zero-order valence-corrected chi connectivity index (χ0v) is 12.3. The van der Waals surface area contributed by atoms with Gasteiger partial charge in [-0.3, -0.25) is 4.98 Å². The fourth-order valence-electron chi connectivity index (χ4n) is 2.46. The van der Waals surface area contributed by atoms with E-state index in [9.17, 15) is 0 Å². The van der Waals surface area contributed by atoms with E-state index in [4.69, 9.17) is 0 Å². The number of hydrogen-bond donors (Lipinski definition) is 1. The number of piperidine rings is 1. The van der Waals surface area contributed by atoms with E-state index in [0.29, 0.717) is 11.8 Å². The van der Waals surface area contributed by atoms with Crippen molar-refractivity contribution in [2.24, 2.45) is 0 Å². The molecule has 21 heavy (non-hydrogen) atoms. The van der Waals surface area contributed by atoms with Gasteiger partial charge in [-0.25, -0.2) is 0 Å². The van der Waals surface area contributed by atoms with E-state index in [1.54, 1.807) is 12.4 Å². The van der Waals surface area contributed by atoms with Crippen molar-refractivity contribution in [1.82, 2.24) is 19.9 Å². The summed E-state index contributed by atoms with van der Waals surface area (Å²) in [5.74, 6) is 2.07. The van der Waals surface area contributed by atoms with Gasteiger partial charge in [0.05, 0.1) is 0 Å². The third-order valence-electron chi connectivity index (χ3n) is 3.52. The predicted octanol–water partition coefficient (Wildman–Crippen LogP) is 2.36. The molecule has 1 saturated heterocycles. The molecular weight excluding hydrogens is 264 g/mol. The highest BCUT2D eigenvalue weighted by Gasteiger charge is 2.16. The maximum atomic E-state index is 4.63. The number of nitrogens with one attached hydrogen (secondary N) is 1. The molecule has 3 heterocycles. The topological polar surface area (TPSA) is 66.8 Å². The first-order valence-electron chi connectivity index (χ1n) is 7.52. The number of aromatic nitrogens is 4. The Hall–Kier alpha value is -2.24. The van der Waals surface area contributed by atoms with Crippen LogP contribution in [0.15, 0.2) is 24.5 Å². The van der Waals surface area contributed by atoms with Crippen molar-refractivity contribution in [3.63, 3.8) is 0 Å². The Labute approximate surface area is 124 Å². The molecule has 6 heteroatoms. The van der Waals surface area contributed by atoms with Gasteiger partial charge in [-0.15, -0.1) is 0 Å². The second-order valence-electron chi connectivity index (χ2n) is 5.10. The molecule has 0 atom stereocenters. The molecule has 6 nitrogen and oxygen atoms in total. The van der Waals surface area contributed by atoms with Crippen molar-refractivity contribution in [2.75, 3.05) is 29.9 Å². The van der Waals surface area contributed by atoms with Gasteiger partial charge in [-0.1, -0.05) is 0 Å². The van der Waals surface area contributed by atoms with E-state index in [2.05, 4.69) is 30.2 Å². The van der Waals surface area contributed by atoms with Gasteiger partial charge in [0, 0.05) is 37.6 Å². The molecule has 0 unspecified atom stereocenters. The van der Waals surface area contributed by atoms with Crippen molar-refractivity contribution < 1.29 is 0 Å². The zero-order chi connectivity index (χ0) is 14.5. The maximum Gasteiger partial charge on any atom is 0.230 e. The minimum atomic E-state index is 0.631. The van der Waals surface area contributed by atoms with Crippen LogP contribution in [0.25, 0.3) is 11.4 Å². The van der Waals surface area contributed by atoms with Gasteiger partial charge in [0.2, 0.25) is 11.9 Å². The molecule has 0 spiro atoms. The van der Waals surface area contributed by atoms with E-state index >= 15 is 0 Å². The van der Waals surface area contributed by atoms with Crippen LogP contribution in [0.5, 0.6) is 0 Å². The minimum Gasteiger partial charge on any atom is -0.354 e. The van der Waals surface area contributed by atoms with Gasteiger partial charge in [0.25, 0.3) is 0 Å². The van der Waals surface area contributed by atoms with Crippen LogP contribution in [0.3, 0.4) is 0 Å². The summed E-state index contributed by atoms with van der Waals surface area (Å²) >= 11 is 0. The van der Waals surface area contributed by atoms with Gasteiger partial charge < -0.3 is 10.2 Å². The first-order chi connectivity index (χ1) is 10.4. The average Bonchev–Trinajstić information content (AvgIpc) is 2.56. The summed E-state index contributed by atoms with van der Waals surface area (Å²) in [7, 11) is 0. The minimum absolute atomic E-state index is 0.631. The van der Waals surface area contributed by atoms with E-state index in [0.717, 1.165) is 31.1 Å². The highest BCUT2D eigenvalue weighted by atomic mass is 15.3. The van der Waals surface area contributed by atoms with Gasteiger partial charge in [-0.2, -0.15) is 15.0 Å². The summed E-state index contributed by atoms with van der Waals surface area (Å²) in [5.41, 5.74) is 0.914. The van der Waals surface area contributed by atoms with Gasteiger partial charge in [0.1, 0.15) is 0 Å². The van der Waals surface area contributed by atoms with Crippen LogP contribution in [0.2, 0.25) is 0 Å². The summed E-state index contributed by atoms with van der Waals surface area (Å²) in [6, 6.07) is 3.87. The van der Waals surface area contributed by atoms with E-state index in [1.807, 2.05) is 19.1 Å². The Bertz CT molecular complexity index is 580. The molecule has 1 N–H and O–H groups in total. The predicted molar refractivity (Wildman–Crippen MR) is 83.3 cm³/mol. The Morgan fingerprint density at radius 3 is 2.71 bits per heavy atom. The molecule has 0 aromatic carbocycles. The molecule has 2 aromatic rings. The molecule has 3 rings (SSSR count). The molecule has 1 fully saturated rings. The van der Waals surface area contributed by atoms with Crippen molar-refractivity contribution in [1.29, 1.82) is 0 Å². The van der Waals surface area contributed by atoms with E-state index in [1.165, 1.54) is 19.3 Å². The Morgan fingerprint density at radius 2 is 2.00 bits per heavy atom. The summed E-state index contributed by atoms with van der Waals surface area (Å²) in [4.78, 5) is 20.1. The van der Waals surface area contributed by atoms with E-state index < -0.39 is 0 Å². The van der Waals surface area contributed by atoms with Crippen LogP contribution in [0.1, 0.15) is 26.2 Å². The molecule has 1 aliphatic rings. The molecule has 0 saturated carbocycles. The summed E-state index contributed by atoms with van der Waals surface area (Å²) in [5, 5.41) is 3.19. The maximum absolute atomic E-state index is 4.63. The quantitative estimate of drug-likeness (QED) is 0.929. The number of hydrogen-bond acceptors (Lipinski definition) is 6. The lowest BCUT2D eigenvalue weighted by Gasteiger charge is -2.27. The number of rotatable bonds is 4. The zero-order valence-electron chi connectivity index (χ0n) is 12.3. The SMILES string of the molecule is CCNc1nc(-c2cccnc2)nc(N2CCCCC2)n1. The molecule has 2 aromatic heterocycles. The number of nitrogens with zero attached hydrogens (tertiary/aromatic N) is 5. The summed E-state index contributed by atoms with van der Waals surface area (Å²) in [6.45, 7) is 4.86. The first kappa shape index (κ1) is 13.7. The monoisotopic (exact) mass is 284 g/mol. The normalized spacial score (nSPS) is 15.0. The molecule has 0 radical (unpaired) electrons. The molecular formula is C15H20N6. The molecule has 1 aliphatic heterocycles. The third-order valence-corrected chi connectivity index (χ3v) is 3.52. The summed E-state index contributed by atoms with van der Waals surface area (Å²) < 4.78 is 0. The fourth-order valence-corrected chi connectivity index (χ4v) is 2.46. The van der Waals surface area contributed by atoms with Gasteiger partial charge in [-0.05, 0) is 38.3 Å². The Balaban J connectivity index is 1.97. The second kappa shape index (κ2) is 6.47. The Morgan fingerprint density at radius 1 is 1.14 bits per heavy atom. The highest BCUT2D eigenvalue weighted by molar-refractivity contribution is 5.57. The van der Waals surface area contributed by atoms with Gasteiger partial charge in [0.15, 0.2) is 5.82 Å². The largest absolute Gasteiger partial charge is 0.354 e. The van der Waals surface area contributed by atoms with Crippen molar-refractivity contribution in [2.45, 2.75) is 26.2 Å². The van der Waals surface area contributed by atoms with Crippen LogP contribution in [0, 0.1) is 0 Å². The van der Waals surface area contributed by atoms with Crippen LogP contribution >= 0.6 is 0 Å². The molecule has 0 amide bonds. The smallest absolute Gasteiger partial charge is 0.230 e. The van der Waals surface area contributed by atoms with Crippen molar-refractivity contribution in [3.8, 4) is 11.4 Å². The second-order valence-corrected chi connectivity index (χ2v) is 5.10. The lowest BCUT2D eigenvalue weighted by Crippen LogP contribution is -2.31. The van der Waals surface area contributed by atoms with E-state index in [-0.39, 0.29) is 0 Å². The standard InChI is InChI=1S/C15H20N6/c1-2-17-14-18-13(12-7-6-8-16-11-12)19-15(20-14)21-9-4-3-5-10-21/h6-8,11H,2-5,9-10H2,1H3,(H,17,18,19,20). The molecule has 0 bridgehead atoms. The lowest BCUT2D eigenvalue weighted by atomic mass is 10.1. The third kappa shape index (κ3) is 3.26. The number of anilines is 2. The number of pyridine rings is 1. The summed E-state index contributed by atoms with van der Waals surface area (Å²) in [6.07, 6.45) is 7.22. The van der Waals surface area contributed by atoms with Crippen LogP contribution in [-0.2, 0) is 0 Å². The molecule has 0 aliphatic carbocycles. The van der Waals surface area contributed by atoms with Gasteiger partial charge >= 0.3 is 0 Å². The lowest BCUT2D eigenvalue weighted by molar-refractivity contribution is 0.568.